The van der Waals surface area contributed by atoms with E-state index in [0.717, 1.165) is 0 Å². The Morgan fingerprint density at radius 2 is 2.00 bits per heavy atom. The molecule has 0 heterocycles. The summed E-state index contributed by atoms with van der Waals surface area (Å²) in [6.07, 6.45) is -0.393. The molecule has 0 amide bonds. The lowest BCUT2D eigenvalue weighted by Crippen LogP contribution is -2.11. The predicted octanol–water partition coefficient (Wildman–Crippen LogP) is 2.63. The van der Waals surface area contributed by atoms with Gasteiger partial charge in [0, 0.05) is 7.11 Å². The fourth-order valence-electron chi connectivity index (χ4n) is 0.572. The van der Waals surface area contributed by atoms with Crippen LogP contribution in [0.15, 0.2) is 24.0 Å². The zero-order valence-corrected chi connectivity index (χ0v) is 7.39. The molecule has 0 saturated carbocycles. The molecular formula is C8H11F3O2. The molecule has 0 N–H and O–H groups in total. The van der Waals surface area contributed by atoms with Crippen LogP contribution in [0.4, 0.5) is 13.2 Å². The van der Waals surface area contributed by atoms with Gasteiger partial charge < -0.3 is 9.47 Å². The molecule has 0 aliphatic heterocycles. The van der Waals surface area contributed by atoms with Crippen LogP contribution in [-0.4, -0.2) is 20.1 Å². The Morgan fingerprint density at radius 1 is 1.38 bits per heavy atom. The Bertz CT molecular complexity index is 194. The summed E-state index contributed by atoms with van der Waals surface area (Å²) in [5, 5.41) is 0. The molecule has 0 rings (SSSR count). The Morgan fingerprint density at radius 3 is 2.46 bits per heavy atom. The third kappa shape index (κ3) is 8.94. The van der Waals surface area contributed by atoms with Crippen molar-refractivity contribution in [2.24, 2.45) is 0 Å². The van der Waals surface area contributed by atoms with E-state index in [2.05, 4.69) is 9.47 Å². The summed E-state index contributed by atoms with van der Waals surface area (Å²) in [7, 11) is 1.49. The molecule has 13 heavy (non-hydrogen) atoms. The predicted molar refractivity (Wildman–Crippen MR) is 41.9 cm³/mol. The Kier molecular flexibility index (Phi) is 5.22. The van der Waals surface area contributed by atoms with Crippen molar-refractivity contribution in [2.45, 2.75) is 13.3 Å². The van der Waals surface area contributed by atoms with E-state index in [1.807, 2.05) is 0 Å². The molecule has 0 fully saturated rings. The molecule has 5 heteroatoms. The molecule has 0 bridgehead atoms. The van der Waals surface area contributed by atoms with Gasteiger partial charge in [-0.2, -0.15) is 0 Å². The number of halogens is 3. The van der Waals surface area contributed by atoms with Crippen molar-refractivity contribution >= 4 is 0 Å². The summed E-state index contributed by atoms with van der Waals surface area (Å²) in [5.74, 6) is -0.208. The average Bonchev–Trinajstić information content (AvgIpc) is 1.94. The largest absolute Gasteiger partial charge is 0.572 e. The van der Waals surface area contributed by atoms with Crippen LogP contribution < -0.4 is 0 Å². The van der Waals surface area contributed by atoms with Crippen molar-refractivity contribution in [1.82, 2.24) is 0 Å². The van der Waals surface area contributed by atoms with E-state index >= 15 is 0 Å². The standard InChI is InChI=1S/C8H11F3O2/c1-7(13-8(9,10)11)5-3-4-6-12-2/h3-5H,6H2,1-2H3/b4-3-,7-5+. The van der Waals surface area contributed by atoms with Gasteiger partial charge in [0.2, 0.25) is 0 Å². The van der Waals surface area contributed by atoms with Crippen molar-refractivity contribution in [1.29, 1.82) is 0 Å². The molecule has 0 aromatic rings. The smallest absolute Gasteiger partial charge is 0.411 e. The van der Waals surface area contributed by atoms with Gasteiger partial charge in [0.15, 0.2) is 0 Å². The SMILES string of the molecule is COC/C=C\C=C(/C)OC(F)(F)F. The summed E-state index contributed by atoms with van der Waals surface area (Å²) in [5.41, 5.74) is 0. The van der Waals surface area contributed by atoms with Crippen LogP contribution in [0, 0.1) is 0 Å². The first-order valence-electron chi connectivity index (χ1n) is 3.54. The first-order chi connectivity index (χ1) is 5.95. The molecular weight excluding hydrogens is 185 g/mol. The van der Waals surface area contributed by atoms with Crippen molar-refractivity contribution in [2.75, 3.05) is 13.7 Å². The van der Waals surface area contributed by atoms with Crippen LogP contribution in [0.5, 0.6) is 0 Å². The maximum absolute atomic E-state index is 11.6. The molecule has 0 aliphatic rings. The van der Waals surface area contributed by atoms with Crippen LogP contribution in [-0.2, 0) is 9.47 Å². The summed E-state index contributed by atoms with van der Waals surface area (Å²) < 4.78 is 42.9. The third-order valence-electron chi connectivity index (χ3n) is 1.01. The Hall–Kier alpha value is -0.970. The van der Waals surface area contributed by atoms with Crippen molar-refractivity contribution in [3.8, 4) is 0 Å². The molecule has 0 atom stereocenters. The maximum atomic E-state index is 11.6. The highest BCUT2D eigenvalue weighted by atomic mass is 19.4. The van der Waals surface area contributed by atoms with Gasteiger partial charge in [-0.15, -0.1) is 13.2 Å². The molecule has 0 aliphatic carbocycles. The van der Waals surface area contributed by atoms with Gasteiger partial charge in [0.1, 0.15) is 5.76 Å². The van der Waals surface area contributed by atoms with Gasteiger partial charge in [0.25, 0.3) is 0 Å². The summed E-state index contributed by atoms with van der Waals surface area (Å²) in [6.45, 7) is 1.58. The fourth-order valence-corrected chi connectivity index (χ4v) is 0.572. The molecule has 0 radical (unpaired) electrons. The third-order valence-corrected chi connectivity index (χ3v) is 1.01. The van der Waals surface area contributed by atoms with Gasteiger partial charge in [-0.1, -0.05) is 12.2 Å². The van der Waals surface area contributed by atoms with E-state index in [-0.39, 0.29) is 5.76 Å². The normalized spacial score (nSPS) is 13.8. The fraction of sp³-hybridized carbons (Fsp3) is 0.500. The average molecular weight is 196 g/mol. The molecule has 0 aromatic carbocycles. The van der Waals surface area contributed by atoms with Gasteiger partial charge in [-0.3, -0.25) is 0 Å². The monoisotopic (exact) mass is 196 g/mol. The second kappa shape index (κ2) is 5.64. The van der Waals surface area contributed by atoms with E-state index in [1.54, 1.807) is 6.08 Å². The topological polar surface area (TPSA) is 18.5 Å². The van der Waals surface area contributed by atoms with E-state index in [4.69, 9.17) is 0 Å². The number of allylic oxidation sites excluding steroid dienone is 3. The second-order valence-electron chi connectivity index (χ2n) is 2.21. The maximum Gasteiger partial charge on any atom is 0.572 e. The highest BCUT2D eigenvalue weighted by Gasteiger charge is 2.30. The Balaban J connectivity index is 3.89. The number of rotatable bonds is 4. The molecule has 0 saturated heterocycles. The van der Waals surface area contributed by atoms with Crippen LogP contribution >= 0.6 is 0 Å². The molecule has 76 valence electrons. The molecule has 0 aromatic heterocycles. The lowest BCUT2D eigenvalue weighted by atomic mass is 10.4. The van der Waals surface area contributed by atoms with Gasteiger partial charge in [-0.25, -0.2) is 0 Å². The van der Waals surface area contributed by atoms with Crippen molar-refractivity contribution in [3.63, 3.8) is 0 Å². The first-order valence-corrected chi connectivity index (χ1v) is 3.54. The number of hydrogen-bond donors (Lipinski definition) is 0. The zero-order valence-electron chi connectivity index (χ0n) is 7.39. The minimum atomic E-state index is -4.62. The minimum absolute atomic E-state index is 0.208. The molecule has 0 unspecified atom stereocenters. The summed E-state index contributed by atoms with van der Waals surface area (Å²) in [6, 6.07) is 0. The van der Waals surface area contributed by atoms with E-state index < -0.39 is 6.36 Å². The first kappa shape index (κ1) is 12.0. The van der Waals surface area contributed by atoms with E-state index in [1.165, 1.54) is 26.2 Å². The highest BCUT2D eigenvalue weighted by Crippen LogP contribution is 2.20. The highest BCUT2D eigenvalue weighted by molar-refractivity contribution is 5.05. The summed E-state index contributed by atoms with van der Waals surface area (Å²) >= 11 is 0. The van der Waals surface area contributed by atoms with Crippen LogP contribution in [0.2, 0.25) is 0 Å². The lowest BCUT2D eigenvalue weighted by Gasteiger charge is -2.07. The van der Waals surface area contributed by atoms with Gasteiger partial charge in [-0.05, 0) is 13.0 Å². The summed E-state index contributed by atoms with van der Waals surface area (Å²) in [4.78, 5) is 0. The van der Waals surface area contributed by atoms with Gasteiger partial charge >= 0.3 is 6.36 Å². The van der Waals surface area contributed by atoms with Crippen molar-refractivity contribution < 1.29 is 22.6 Å². The Labute approximate surface area is 74.6 Å². The number of methoxy groups -OCH3 is 1. The number of hydrogen-bond acceptors (Lipinski definition) is 2. The quantitative estimate of drug-likeness (QED) is 0.508. The second-order valence-corrected chi connectivity index (χ2v) is 2.21. The van der Waals surface area contributed by atoms with Crippen LogP contribution in [0.3, 0.4) is 0 Å². The lowest BCUT2D eigenvalue weighted by molar-refractivity contribution is -0.305. The van der Waals surface area contributed by atoms with E-state index in [9.17, 15) is 13.2 Å². The van der Waals surface area contributed by atoms with E-state index in [0.29, 0.717) is 6.61 Å². The van der Waals surface area contributed by atoms with Crippen molar-refractivity contribution in [3.05, 3.63) is 24.0 Å². The molecule has 2 nitrogen and oxygen atoms in total. The zero-order chi connectivity index (χ0) is 10.3. The number of alkyl halides is 3. The van der Waals surface area contributed by atoms with Gasteiger partial charge in [0.05, 0.1) is 6.61 Å². The minimum Gasteiger partial charge on any atom is -0.411 e. The molecule has 0 spiro atoms. The number of ether oxygens (including phenoxy) is 2. The van der Waals surface area contributed by atoms with Crippen LogP contribution in [0.1, 0.15) is 6.92 Å². The van der Waals surface area contributed by atoms with Crippen LogP contribution in [0.25, 0.3) is 0 Å².